The lowest BCUT2D eigenvalue weighted by Gasteiger charge is -2.11. The maximum atomic E-state index is 12.9. The predicted molar refractivity (Wildman–Crippen MR) is 64.8 cm³/mol. The Morgan fingerprint density at radius 1 is 1.21 bits per heavy atom. The first kappa shape index (κ1) is 14.0. The van der Waals surface area contributed by atoms with Gasteiger partial charge in [-0.25, -0.2) is 0 Å². The van der Waals surface area contributed by atoms with E-state index in [2.05, 4.69) is 0 Å². The third kappa shape index (κ3) is 2.93. The van der Waals surface area contributed by atoms with Crippen LogP contribution in [0.3, 0.4) is 0 Å². The van der Waals surface area contributed by atoms with Crippen molar-refractivity contribution in [3.05, 3.63) is 46.7 Å². The molecular formula is C13H10ClF3O2. The minimum Gasteiger partial charge on any atom is -0.458 e. The molecule has 6 heteroatoms. The Labute approximate surface area is 112 Å². The highest BCUT2D eigenvalue weighted by Crippen LogP contribution is 2.39. The predicted octanol–water partition coefficient (Wildman–Crippen LogP) is 4.67. The van der Waals surface area contributed by atoms with Crippen molar-refractivity contribution < 1.29 is 22.7 Å². The molecule has 0 amide bonds. The lowest BCUT2D eigenvalue weighted by molar-refractivity contribution is -0.137. The molecule has 1 heterocycles. The van der Waals surface area contributed by atoms with Gasteiger partial charge in [0.2, 0.25) is 0 Å². The molecule has 2 aromatic rings. The van der Waals surface area contributed by atoms with E-state index >= 15 is 0 Å². The smallest absolute Gasteiger partial charge is 0.417 e. The van der Waals surface area contributed by atoms with Crippen molar-refractivity contribution in [2.45, 2.75) is 19.2 Å². The zero-order valence-corrected chi connectivity index (χ0v) is 10.6. The number of aliphatic hydroxyl groups excluding tert-OH is 1. The summed E-state index contributed by atoms with van der Waals surface area (Å²) in [6.07, 6.45) is -5.41. The number of benzene rings is 1. The molecule has 0 aliphatic heterocycles. The minimum absolute atomic E-state index is 0.00150. The summed E-state index contributed by atoms with van der Waals surface area (Å²) in [5.41, 5.74) is -0.977. The Hall–Kier alpha value is -1.46. The molecule has 102 valence electrons. The van der Waals surface area contributed by atoms with Crippen LogP contribution in [0.5, 0.6) is 0 Å². The van der Waals surface area contributed by atoms with E-state index in [1.165, 1.54) is 31.2 Å². The highest BCUT2D eigenvalue weighted by atomic mass is 35.5. The highest BCUT2D eigenvalue weighted by Gasteiger charge is 2.34. The van der Waals surface area contributed by atoms with Gasteiger partial charge in [-0.3, -0.25) is 0 Å². The van der Waals surface area contributed by atoms with Crippen molar-refractivity contribution in [2.75, 3.05) is 0 Å². The number of halogens is 4. The van der Waals surface area contributed by atoms with Crippen molar-refractivity contribution in [3.63, 3.8) is 0 Å². The molecule has 0 radical (unpaired) electrons. The van der Waals surface area contributed by atoms with Gasteiger partial charge < -0.3 is 9.52 Å². The molecule has 0 saturated heterocycles. The molecule has 1 unspecified atom stereocenters. The van der Waals surface area contributed by atoms with Crippen LogP contribution < -0.4 is 0 Å². The van der Waals surface area contributed by atoms with Gasteiger partial charge in [-0.15, -0.1) is 0 Å². The Bertz CT molecular complexity index is 588. The van der Waals surface area contributed by atoms with E-state index in [4.69, 9.17) is 16.0 Å². The second-order valence-corrected chi connectivity index (χ2v) is 4.50. The molecule has 19 heavy (non-hydrogen) atoms. The summed E-state index contributed by atoms with van der Waals surface area (Å²) in [5.74, 6) is 0.248. The number of aliphatic hydroxyl groups is 1. The number of furan rings is 1. The van der Waals surface area contributed by atoms with Crippen LogP contribution >= 0.6 is 11.6 Å². The molecule has 2 nitrogen and oxygen atoms in total. The maximum Gasteiger partial charge on any atom is 0.417 e. The first-order valence-electron chi connectivity index (χ1n) is 5.44. The van der Waals surface area contributed by atoms with Crippen LogP contribution in [0, 0.1) is 0 Å². The second kappa shape index (κ2) is 4.90. The fraction of sp³-hybridized carbons (Fsp3) is 0.231. The second-order valence-electron chi connectivity index (χ2n) is 4.07. The summed E-state index contributed by atoms with van der Waals surface area (Å²) in [4.78, 5) is 0. The van der Waals surface area contributed by atoms with Crippen LogP contribution in [0.15, 0.2) is 34.7 Å². The van der Waals surface area contributed by atoms with Gasteiger partial charge in [-0.2, -0.15) is 13.2 Å². The number of alkyl halides is 3. The summed E-state index contributed by atoms with van der Waals surface area (Å²) in [7, 11) is 0. The first-order chi connectivity index (χ1) is 8.79. The van der Waals surface area contributed by atoms with Gasteiger partial charge in [-0.05, 0) is 37.3 Å². The van der Waals surface area contributed by atoms with E-state index < -0.39 is 17.8 Å². The molecule has 2 rings (SSSR count). The van der Waals surface area contributed by atoms with E-state index in [9.17, 15) is 18.3 Å². The Morgan fingerprint density at radius 2 is 1.89 bits per heavy atom. The maximum absolute atomic E-state index is 12.9. The van der Waals surface area contributed by atoms with Crippen molar-refractivity contribution in [2.24, 2.45) is 0 Å². The summed E-state index contributed by atoms with van der Waals surface area (Å²) in [5, 5.41) is 9.32. The lowest BCUT2D eigenvalue weighted by atomic mass is 10.1. The Kier molecular flexibility index (Phi) is 3.60. The zero-order chi connectivity index (χ0) is 14.2. The SMILES string of the molecule is CC(O)c1ccc(-c2ccc(Cl)cc2C(F)(F)F)o1. The van der Waals surface area contributed by atoms with Crippen LogP contribution in [0.4, 0.5) is 13.2 Å². The Morgan fingerprint density at radius 3 is 2.42 bits per heavy atom. The van der Waals surface area contributed by atoms with Crippen molar-refractivity contribution >= 4 is 11.6 Å². The van der Waals surface area contributed by atoms with Gasteiger partial charge >= 0.3 is 6.18 Å². The topological polar surface area (TPSA) is 33.4 Å². The van der Waals surface area contributed by atoms with Crippen molar-refractivity contribution in [3.8, 4) is 11.3 Å². The van der Waals surface area contributed by atoms with Gasteiger partial charge in [0.1, 0.15) is 17.6 Å². The Balaban J connectivity index is 2.55. The summed E-state index contributed by atoms with van der Waals surface area (Å²) < 4.78 is 44.0. The fourth-order valence-corrected chi connectivity index (χ4v) is 1.86. The molecule has 1 aromatic heterocycles. The number of hydrogen-bond donors (Lipinski definition) is 1. The molecule has 1 N–H and O–H groups in total. The zero-order valence-electron chi connectivity index (χ0n) is 9.83. The van der Waals surface area contributed by atoms with Gasteiger partial charge in [0, 0.05) is 10.6 Å². The molecule has 0 aliphatic rings. The molecule has 0 bridgehead atoms. The van der Waals surface area contributed by atoms with Gasteiger partial charge in [0.15, 0.2) is 0 Å². The highest BCUT2D eigenvalue weighted by molar-refractivity contribution is 6.30. The lowest BCUT2D eigenvalue weighted by Crippen LogP contribution is -2.06. The first-order valence-corrected chi connectivity index (χ1v) is 5.82. The average Bonchev–Trinajstić information content (AvgIpc) is 2.77. The third-order valence-corrected chi connectivity index (χ3v) is 2.83. The van der Waals surface area contributed by atoms with Gasteiger partial charge in [-0.1, -0.05) is 11.6 Å². The monoisotopic (exact) mass is 290 g/mol. The van der Waals surface area contributed by atoms with Crippen LogP contribution in [-0.2, 0) is 6.18 Å². The fourth-order valence-electron chi connectivity index (χ4n) is 1.69. The molecule has 1 atom stereocenters. The largest absolute Gasteiger partial charge is 0.458 e. The van der Waals surface area contributed by atoms with Crippen molar-refractivity contribution in [1.82, 2.24) is 0 Å². The molecule has 0 fully saturated rings. The average molecular weight is 291 g/mol. The summed E-state index contributed by atoms with van der Waals surface area (Å²) >= 11 is 5.60. The van der Waals surface area contributed by atoms with E-state index in [0.717, 1.165) is 6.07 Å². The van der Waals surface area contributed by atoms with Crippen LogP contribution in [-0.4, -0.2) is 5.11 Å². The van der Waals surface area contributed by atoms with Crippen molar-refractivity contribution in [1.29, 1.82) is 0 Å². The summed E-state index contributed by atoms with van der Waals surface area (Å²) in [6.45, 7) is 1.47. The van der Waals surface area contributed by atoms with E-state index in [1.807, 2.05) is 0 Å². The normalized spacial score (nSPS) is 13.6. The van der Waals surface area contributed by atoms with E-state index in [1.54, 1.807) is 0 Å². The third-order valence-electron chi connectivity index (χ3n) is 2.59. The minimum atomic E-state index is -4.53. The molecule has 0 spiro atoms. The quantitative estimate of drug-likeness (QED) is 0.872. The van der Waals surface area contributed by atoms with Gasteiger partial charge in [0.05, 0.1) is 5.56 Å². The van der Waals surface area contributed by atoms with Crippen LogP contribution in [0.1, 0.15) is 24.4 Å². The molecule has 0 aliphatic carbocycles. The van der Waals surface area contributed by atoms with E-state index in [-0.39, 0.29) is 22.1 Å². The summed E-state index contributed by atoms with van der Waals surface area (Å²) in [6, 6.07) is 6.28. The van der Waals surface area contributed by atoms with Crippen LogP contribution in [0.25, 0.3) is 11.3 Å². The molecule has 0 saturated carbocycles. The standard InChI is InChI=1S/C13H10ClF3O2/c1-7(18)11-4-5-12(19-11)9-3-2-8(14)6-10(9)13(15,16)17/h2-7,18H,1H3. The van der Waals surface area contributed by atoms with Gasteiger partial charge in [0.25, 0.3) is 0 Å². The molecular weight excluding hydrogens is 281 g/mol. The van der Waals surface area contributed by atoms with Crippen LogP contribution in [0.2, 0.25) is 5.02 Å². The van der Waals surface area contributed by atoms with E-state index in [0.29, 0.717) is 0 Å². The molecule has 1 aromatic carbocycles. The number of hydrogen-bond acceptors (Lipinski definition) is 2. The number of rotatable bonds is 2.